The lowest BCUT2D eigenvalue weighted by molar-refractivity contribution is 0.162. The van der Waals surface area contributed by atoms with E-state index in [-0.39, 0.29) is 6.03 Å². The van der Waals surface area contributed by atoms with Crippen molar-refractivity contribution in [3.8, 4) is 0 Å². The molecule has 2 amide bonds. The highest BCUT2D eigenvalue weighted by Gasteiger charge is 2.34. The molecular formula is C14H27N3O4S. The van der Waals surface area contributed by atoms with Crippen LogP contribution >= 0.6 is 0 Å². The second kappa shape index (κ2) is 7.61. The molecule has 7 nitrogen and oxygen atoms in total. The Morgan fingerprint density at radius 1 is 1.32 bits per heavy atom. The Morgan fingerprint density at radius 3 is 2.59 bits per heavy atom. The molecule has 1 saturated carbocycles. The number of nitrogens with one attached hydrogen (secondary N) is 1. The molecule has 8 heteroatoms. The van der Waals surface area contributed by atoms with Gasteiger partial charge in [0.15, 0.2) is 0 Å². The first-order chi connectivity index (χ1) is 10.4. The van der Waals surface area contributed by atoms with Crippen LogP contribution in [0.1, 0.15) is 25.7 Å². The molecule has 0 aromatic heterocycles. The summed E-state index contributed by atoms with van der Waals surface area (Å²) in [4.78, 5) is 14.2. The predicted molar refractivity (Wildman–Crippen MR) is 84.1 cm³/mol. The molecule has 0 spiro atoms. The topological polar surface area (TPSA) is 79.0 Å². The van der Waals surface area contributed by atoms with Gasteiger partial charge in [-0.1, -0.05) is 0 Å². The molecule has 2 aliphatic rings. The third-order valence-electron chi connectivity index (χ3n) is 4.22. The molecule has 1 heterocycles. The zero-order valence-corrected chi connectivity index (χ0v) is 14.3. The molecule has 128 valence electrons. The van der Waals surface area contributed by atoms with Crippen molar-refractivity contribution in [3.63, 3.8) is 0 Å². The molecule has 1 aliphatic heterocycles. The van der Waals surface area contributed by atoms with Crippen molar-refractivity contribution in [3.05, 3.63) is 0 Å². The van der Waals surface area contributed by atoms with Gasteiger partial charge in [0.05, 0.1) is 12.9 Å². The molecule has 2 fully saturated rings. The number of rotatable bonds is 8. The molecule has 0 unspecified atom stereocenters. The van der Waals surface area contributed by atoms with E-state index in [1.807, 2.05) is 4.90 Å². The Balaban J connectivity index is 1.70. The highest BCUT2D eigenvalue weighted by molar-refractivity contribution is 7.88. The summed E-state index contributed by atoms with van der Waals surface area (Å²) in [5.74, 6) is 0.447. The number of hydrogen-bond acceptors (Lipinski definition) is 4. The third-order valence-corrected chi connectivity index (χ3v) is 5.53. The average Bonchev–Trinajstić information content (AvgIpc) is 3.16. The number of nitrogens with zero attached hydrogens (tertiary/aromatic N) is 2. The van der Waals surface area contributed by atoms with Crippen LogP contribution < -0.4 is 5.32 Å². The highest BCUT2D eigenvalue weighted by Crippen LogP contribution is 2.28. The first-order valence-corrected chi connectivity index (χ1v) is 9.76. The maximum Gasteiger partial charge on any atom is 0.317 e. The van der Waals surface area contributed by atoms with Gasteiger partial charge in [0.1, 0.15) is 0 Å². The monoisotopic (exact) mass is 333 g/mol. The number of carbonyl (C=O) groups excluding carboxylic acids is 1. The van der Waals surface area contributed by atoms with Crippen molar-refractivity contribution in [2.24, 2.45) is 5.92 Å². The molecule has 1 aliphatic carbocycles. The largest absolute Gasteiger partial charge is 0.381 e. The summed E-state index contributed by atoms with van der Waals surface area (Å²) < 4.78 is 29.2. The minimum Gasteiger partial charge on any atom is -0.381 e. The van der Waals surface area contributed by atoms with Gasteiger partial charge in [-0.15, -0.1) is 0 Å². The summed E-state index contributed by atoms with van der Waals surface area (Å²) in [5.41, 5.74) is 0. The second-order valence-corrected chi connectivity index (χ2v) is 8.37. The number of carbonyl (C=O) groups is 1. The number of amides is 2. The highest BCUT2D eigenvalue weighted by atomic mass is 32.2. The van der Waals surface area contributed by atoms with E-state index in [0.29, 0.717) is 31.5 Å². The first-order valence-electron chi connectivity index (χ1n) is 7.91. The van der Waals surface area contributed by atoms with Crippen LogP contribution in [0.3, 0.4) is 0 Å². The number of hydrogen-bond donors (Lipinski definition) is 1. The summed E-state index contributed by atoms with van der Waals surface area (Å²) in [7, 11) is -1.59. The predicted octanol–water partition coefficient (Wildman–Crippen LogP) is 0.478. The minimum atomic E-state index is -3.14. The Hall–Kier alpha value is -0.860. The molecule has 1 N–H and O–H groups in total. The Labute approximate surface area is 133 Å². The molecule has 0 aromatic rings. The molecule has 1 atom stereocenters. The fourth-order valence-corrected chi connectivity index (χ4v) is 3.01. The normalized spacial score (nSPS) is 22.0. The van der Waals surface area contributed by atoms with Crippen molar-refractivity contribution in [2.45, 2.75) is 31.7 Å². The van der Waals surface area contributed by atoms with Gasteiger partial charge >= 0.3 is 6.03 Å². The summed E-state index contributed by atoms with van der Waals surface area (Å²) in [5, 5.41) is 2.91. The van der Waals surface area contributed by atoms with Crippen LogP contribution in [0.5, 0.6) is 0 Å². The van der Waals surface area contributed by atoms with E-state index >= 15 is 0 Å². The summed E-state index contributed by atoms with van der Waals surface area (Å²) in [6.07, 6.45) is 4.98. The van der Waals surface area contributed by atoms with Crippen LogP contribution in [-0.2, 0) is 14.8 Å². The van der Waals surface area contributed by atoms with Crippen molar-refractivity contribution in [1.82, 2.24) is 14.5 Å². The lowest BCUT2D eigenvalue weighted by atomic mass is 10.1. The van der Waals surface area contributed by atoms with Crippen LogP contribution in [-0.4, -0.2) is 75.8 Å². The summed E-state index contributed by atoms with van der Waals surface area (Å²) in [6, 6.07) is 0.343. The Kier molecular flexibility index (Phi) is 6.05. The lowest BCUT2D eigenvalue weighted by Gasteiger charge is -2.25. The second-order valence-electron chi connectivity index (χ2n) is 6.28. The lowest BCUT2D eigenvalue weighted by Crippen LogP contribution is -2.44. The third kappa shape index (κ3) is 5.40. The fraction of sp³-hybridized carbons (Fsp3) is 0.929. The first kappa shape index (κ1) is 17.5. The van der Waals surface area contributed by atoms with E-state index in [2.05, 4.69) is 5.32 Å². The molecule has 0 aromatic carbocycles. The van der Waals surface area contributed by atoms with Crippen molar-refractivity contribution >= 4 is 16.1 Å². The number of urea groups is 1. The van der Waals surface area contributed by atoms with Gasteiger partial charge < -0.3 is 15.0 Å². The van der Waals surface area contributed by atoms with Crippen molar-refractivity contribution < 1.29 is 17.9 Å². The molecular weight excluding hydrogens is 306 g/mol. The van der Waals surface area contributed by atoms with Gasteiger partial charge in [-0.2, -0.15) is 0 Å². The van der Waals surface area contributed by atoms with E-state index in [4.69, 9.17) is 4.74 Å². The van der Waals surface area contributed by atoms with Crippen LogP contribution in [0.25, 0.3) is 0 Å². The average molecular weight is 333 g/mol. The van der Waals surface area contributed by atoms with Crippen LogP contribution in [0.2, 0.25) is 0 Å². The van der Waals surface area contributed by atoms with E-state index in [1.165, 1.54) is 10.6 Å². The smallest absolute Gasteiger partial charge is 0.317 e. The van der Waals surface area contributed by atoms with E-state index in [9.17, 15) is 13.2 Å². The van der Waals surface area contributed by atoms with Gasteiger partial charge in [-0.05, 0) is 25.7 Å². The van der Waals surface area contributed by atoms with Gasteiger partial charge in [0, 0.05) is 45.2 Å². The number of sulfonamides is 1. The number of ether oxygens (including phenoxy) is 1. The molecule has 0 bridgehead atoms. The molecule has 0 radical (unpaired) electrons. The summed E-state index contributed by atoms with van der Waals surface area (Å²) in [6.45, 7) is 3.21. The van der Waals surface area contributed by atoms with Crippen LogP contribution in [0.4, 0.5) is 4.79 Å². The van der Waals surface area contributed by atoms with Crippen molar-refractivity contribution in [1.29, 1.82) is 0 Å². The standard InChI is InChI=1S/C14H27N3O4S/c1-16(22(2,19)20)8-3-7-15-14(18)17(13-4-5-13)10-12-6-9-21-11-12/h12-13H,3-11H2,1-2H3,(H,15,18)/t12-/m0/s1. The van der Waals surface area contributed by atoms with Crippen LogP contribution in [0, 0.1) is 5.92 Å². The van der Waals surface area contributed by atoms with E-state index in [1.54, 1.807) is 7.05 Å². The molecule has 22 heavy (non-hydrogen) atoms. The summed E-state index contributed by atoms with van der Waals surface area (Å²) >= 11 is 0. The maximum absolute atomic E-state index is 12.3. The SMILES string of the molecule is CN(CCCNC(=O)N(C[C@@H]1CCOC1)C1CC1)S(C)(=O)=O. The Morgan fingerprint density at radius 2 is 2.05 bits per heavy atom. The zero-order valence-electron chi connectivity index (χ0n) is 13.5. The zero-order chi connectivity index (χ0) is 16.2. The van der Waals surface area contributed by atoms with Gasteiger partial charge in [-0.3, -0.25) is 0 Å². The molecule has 1 saturated heterocycles. The van der Waals surface area contributed by atoms with Crippen LogP contribution in [0.15, 0.2) is 0 Å². The van der Waals surface area contributed by atoms with Gasteiger partial charge in [0.25, 0.3) is 0 Å². The quantitative estimate of drug-likeness (QED) is 0.655. The molecule has 2 rings (SSSR count). The van der Waals surface area contributed by atoms with Gasteiger partial charge in [-0.25, -0.2) is 17.5 Å². The minimum absolute atomic E-state index is 0.0311. The fourth-order valence-electron chi connectivity index (χ4n) is 2.55. The van der Waals surface area contributed by atoms with E-state index in [0.717, 1.165) is 39.0 Å². The van der Waals surface area contributed by atoms with Gasteiger partial charge in [0.2, 0.25) is 10.0 Å². The van der Waals surface area contributed by atoms with E-state index < -0.39 is 10.0 Å². The maximum atomic E-state index is 12.3. The van der Waals surface area contributed by atoms with Crippen molar-refractivity contribution in [2.75, 3.05) is 46.2 Å². The Bertz CT molecular complexity index is 472.